The summed E-state index contributed by atoms with van der Waals surface area (Å²) in [4.78, 5) is 27.5. The van der Waals surface area contributed by atoms with E-state index in [0.717, 1.165) is 26.2 Å². The fraction of sp³-hybridized carbons (Fsp3) is 0.308. The highest BCUT2D eigenvalue weighted by molar-refractivity contribution is 7.89. The first-order chi connectivity index (χ1) is 16.1. The fourth-order valence-electron chi connectivity index (χ4n) is 3.75. The molecular weight excluding hydrogens is 450 g/mol. The molecule has 0 bridgehead atoms. The second kappa shape index (κ2) is 10.8. The van der Waals surface area contributed by atoms with Crippen LogP contribution in [0.3, 0.4) is 0 Å². The van der Waals surface area contributed by atoms with Gasteiger partial charge in [-0.05, 0) is 54.8 Å². The summed E-state index contributed by atoms with van der Waals surface area (Å²) in [6.07, 6.45) is 0. The maximum absolute atomic E-state index is 13.3. The lowest BCUT2D eigenvalue weighted by Crippen LogP contribution is -2.50. The maximum atomic E-state index is 13.3. The average molecular weight is 482 g/mol. The number of hydrogen-bond donors (Lipinski definition) is 1. The molecule has 0 fully saturated rings. The van der Waals surface area contributed by atoms with Gasteiger partial charge in [0.15, 0.2) is 0 Å². The van der Waals surface area contributed by atoms with Crippen LogP contribution in [0.5, 0.6) is 0 Å². The van der Waals surface area contributed by atoms with Crippen molar-refractivity contribution >= 4 is 32.6 Å². The molecule has 3 aromatic rings. The standard InChI is InChI=1S/C26H31N3O4S/c1-5-27-26(31)20(3)29(17-23-13-7-6-10-19(23)2)25(30)18-28(4)34(32,33)24-15-14-21-11-8-9-12-22(21)16-24/h6-16,20H,5,17-18H2,1-4H3,(H,27,31)/t20-/m1/s1. The number of fused-ring (bicyclic) bond motifs is 1. The molecular formula is C26H31N3O4S. The Morgan fingerprint density at radius 2 is 1.62 bits per heavy atom. The Hall–Kier alpha value is -3.23. The summed E-state index contributed by atoms with van der Waals surface area (Å²) in [5.41, 5.74) is 1.88. The van der Waals surface area contributed by atoms with E-state index in [9.17, 15) is 18.0 Å². The lowest BCUT2D eigenvalue weighted by molar-refractivity contribution is -0.140. The van der Waals surface area contributed by atoms with Crippen molar-refractivity contribution in [1.29, 1.82) is 0 Å². The summed E-state index contributed by atoms with van der Waals surface area (Å²) in [6, 6.07) is 19.2. The molecule has 0 aromatic heterocycles. The molecule has 7 nitrogen and oxygen atoms in total. The second-order valence-electron chi connectivity index (χ2n) is 8.29. The smallest absolute Gasteiger partial charge is 0.243 e. The Bertz CT molecular complexity index is 1290. The monoisotopic (exact) mass is 481 g/mol. The number of aryl methyl sites for hydroxylation is 1. The molecule has 1 atom stereocenters. The zero-order chi connectivity index (χ0) is 24.9. The largest absolute Gasteiger partial charge is 0.355 e. The van der Waals surface area contributed by atoms with Crippen LogP contribution in [0.4, 0.5) is 0 Å². The van der Waals surface area contributed by atoms with Gasteiger partial charge in [0.25, 0.3) is 0 Å². The first kappa shape index (κ1) is 25.4. The van der Waals surface area contributed by atoms with E-state index < -0.39 is 22.0 Å². The topological polar surface area (TPSA) is 86.8 Å². The van der Waals surface area contributed by atoms with Crippen molar-refractivity contribution in [2.45, 2.75) is 38.3 Å². The number of nitrogens with one attached hydrogen (secondary N) is 1. The molecule has 0 aliphatic rings. The summed E-state index contributed by atoms with van der Waals surface area (Å²) >= 11 is 0. The Balaban J connectivity index is 1.86. The van der Waals surface area contributed by atoms with Gasteiger partial charge >= 0.3 is 0 Å². The Morgan fingerprint density at radius 3 is 2.29 bits per heavy atom. The molecule has 0 aliphatic heterocycles. The van der Waals surface area contributed by atoms with Gasteiger partial charge in [0.2, 0.25) is 21.8 Å². The van der Waals surface area contributed by atoms with Crippen molar-refractivity contribution in [2.75, 3.05) is 20.1 Å². The SMILES string of the molecule is CCNC(=O)[C@@H](C)N(Cc1ccccc1C)C(=O)CN(C)S(=O)(=O)c1ccc2ccccc2c1. The van der Waals surface area contributed by atoms with Crippen molar-refractivity contribution in [2.24, 2.45) is 0 Å². The van der Waals surface area contributed by atoms with Gasteiger partial charge in [0, 0.05) is 20.1 Å². The number of sulfonamides is 1. The normalized spacial score (nSPS) is 12.5. The lowest BCUT2D eigenvalue weighted by Gasteiger charge is -2.30. The number of carbonyl (C=O) groups excluding carboxylic acids is 2. The van der Waals surface area contributed by atoms with E-state index in [1.165, 1.54) is 11.9 Å². The number of rotatable bonds is 9. The predicted octanol–water partition coefficient (Wildman–Crippen LogP) is 3.32. The molecule has 0 heterocycles. The maximum Gasteiger partial charge on any atom is 0.243 e. The van der Waals surface area contributed by atoms with E-state index >= 15 is 0 Å². The molecule has 3 rings (SSSR count). The van der Waals surface area contributed by atoms with Crippen LogP contribution in [0.15, 0.2) is 71.6 Å². The first-order valence-electron chi connectivity index (χ1n) is 11.2. The van der Waals surface area contributed by atoms with Crippen LogP contribution in [0, 0.1) is 6.92 Å². The quantitative estimate of drug-likeness (QED) is 0.508. The van der Waals surface area contributed by atoms with Crippen LogP contribution in [-0.2, 0) is 26.2 Å². The highest BCUT2D eigenvalue weighted by atomic mass is 32.2. The molecule has 0 radical (unpaired) electrons. The number of hydrogen-bond acceptors (Lipinski definition) is 4. The van der Waals surface area contributed by atoms with Gasteiger partial charge in [-0.3, -0.25) is 9.59 Å². The first-order valence-corrected chi connectivity index (χ1v) is 12.7. The van der Waals surface area contributed by atoms with Gasteiger partial charge in [-0.15, -0.1) is 0 Å². The molecule has 8 heteroatoms. The molecule has 0 saturated carbocycles. The van der Waals surface area contributed by atoms with Gasteiger partial charge in [-0.2, -0.15) is 4.31 Å². The van der Waals surface area contributed by atoms with Crippen molar-refractivity contribution in [3.05, 3.63) is 77.9 Å². The summed E-state index contributed by atoms with van der Waals surface area (Å²) in [7, 11) is -2.53. The van der Waals surface area contributed by atoms with E-state index in [-0.39, 0.29) is 23.9 Å². The summed E-state index contributed by atoms with van der Waals surface area (Å²) in [5, 5.41) is 4.47. The van der Waals surface area contributed by atoms with Gasteiger partial charge in [0.05, 0.1) is 11.4 Å². The molecule has 0 spiro atoms. The minimum Gasteiger partial charge on any atom is -0.355 e. The van der Waals surface area contributed by atoms with Crippen molar-refractivity contribution in [1.82, 2.24) is 14.5 Å². The van der Waals surface area contributed by atoms with Crippen LogP contribution >= 0.6 is 0 Å². The lowest BCUT2D eigenvalue weighted by atomic mass is 10.1. The zero-order valence-electron chi connectivity index (χ0n) is 20.0. The molecule has 34 heavy (non-hydrogen) atoms. The number of carbonyl (C=O) groups is 2. The second-order valence-corrected chi connectivity index (χ2v) is 10.3. The number of likely N-dealkylation sites (N-methyl/N-ethyl adjacent to an activating group) is 2. The molecule has 1 N–H and O–H groups in total. The number of nitrogens with zero attached hydrogens (tertiary/aromatic N) is 2. The molecule has 3 aromatic carbocycles. The van der Waals surface area contributed by atoms with Crippen LogP contribution in [-0.4, -0.2) is 55.6 Å². The van der Waals surface area contributed by atoms with Crippen LogP contribution in [0.1, 0.15) is 25.0 Å². The van der Waals surface area contributed by atoms with E-state index in [4.69, 9.17) is 0 Å². The van der Waals surface area contributed by atoms with Crippen LogP contribution < -0.4 is 5.32 Å². The van der Waals surface area contributed by atoms with Crippen LogP contribution in [0.25, 0.3) is 10.8 Å². The zero-order valence-corrected chi connectivity index (χ0v) is 20.8. The number of amides is 2. The Morgan fingerprint density at radius 1 is 0.971 bits per heavy atom. The highest BCUT2D eigenvalue weighted by Gasteiger charge is 2.30. The molecule has 0 saturated heterocycles. The van der Waals surface area contributed by atoms with Gasteiger partial charge in [-0.1, -0.05) is 54.6 Å². The average Bonchev–Trinajstić information content (AvgIpc) is 2.82. The Labute approximate surface area is 201 Å². The summed E-state index contributed by atoms with van der Waals surface area (Å²) in [5.74, 6) is -0.738. The van der Waals surface area contributed by atoms with Gasteiger partial charge in [0.1, 0.15) is 6.04 Å². The minimum absolute atomic E-state index is 0.115. The molecule has 0 unspecified atom stereocenters. The third-order valence-corrected chi connectivity index (χ3v) is 7.71. The van der Waals surface area contributed by atoms with Gasteiger partial charge < -0.3 is 10.2 Å². The molecule has 2 amide bonds. The minimum atomic E-state index is -3.91. The fourth-order valence-corrected chi connectivity index (χ4v) is 4.91. The van der Waals surface area contributed by atoms with Crippen molar-refractivity contribution in [3.63, 3.8) is 0 Å². The third kappa shape index (κ3) is 5.63. The summed E-state index contributed by atoms with van der Waals surface area (Å²) in [6.45, 7) is 5.65. The van der Waals surface area contributed by atoms with Crippen molar-refractivity contribution < 1.29 is 18.0 Å². The van der Waals surface area contributed by atoms with E-state index in [2.05, 4.69) is 5.32 Å². The van der Waals surface area contributed by atoms with Crippen molar-refractivity contribution in [3.8, 4) is 0 Å². The van der Waals surface area contributed by atoms with E-state index in [0.29, 0.717) is 6.54 Å². The van der Waals surface area contributed by atoms with Crippen LogP contribution in [0.2, 0.25) is 0 Å². The predicted molar refractivity (Wildman–Crippen MR) is 134 cm³/mol. The summed E-state index contributed by atoms with van der Waals surface area (Å²) < 4.78 is 27.5. The molecule has 180 valence electrons. The van der Waals surface area contributed by atoms with E-state index in [1.807, 2.05) is 62.4 Å². The highest BCUT2D eigenvalue weighted by Crippen LogP contribution is 2.22. The number of benzene rings is 3. The van der Waals surface area contributed by atoms with E-state index in [1.54, 1.807) is 25.1 Å². The molecule has 0 aliphatic carbocycles. The van der Waals surface area contributed by atoms with Gasteiger partial charge in [-0.25, -0.2) is 8.42 Å². The third-order valence-electron chi connectivity index (χ3n) is 5.91. The Kier molecular flexibility index (Phi) is 8.06.